The second-order valence-electron chi connectivity index (χ2n) is 4.45. The molecule has 7 nitrogen and oxygen atoms in total. The van der Waals surface area contributed by atoms with E-state index < -0.39 is 20.2 Å². The molecule has 0 saturated carbocycles. The number of benzene rings is 2. The van der Waals surface area contributed by atoms with Crippen molar-refractivity contribution in [2.45, 2.75) is 9.79 Å². The Balaban J connectivity index is 0. The van der Waals surface area contributed by atoms with Crippen molar-refractivity contribution in [3.8, 4) is 0 Å². The van der Waals surface area contributed by atoms with Crippen LogP contribution in [0.2, 0.25) is 0 Å². The minimum absolute atomic E-state index is 0. The molecule has 0 saturated heterocycles. The van der Waals surface area contributed by atoms with Crippen LogP contribution in [0.3, 0.4) is 0 Å². The molecule has 0 aliphatic rings. The number of hydrogen-bond acceptors (Lipinski definition) is 6. The summed E-state index contributed by atoms with van der Waals surface area (Å²) >= 11 is 0. The summed E-state index contributed by atoms with van der Waals surface area (Å²) < 4.78 is 62.7. The van der Waals surface area contributed by atoms with Gasteiger partial charge in [-0.1, -0.05) is 49.6 Å². The molecule has 0 unspecified atom stereocenters. The van der Waals surface area contributed by atoms with E-state index in [9.17, 15) is 25.9 Å². The fourth-order valence-corrected chi connectivity index (χ4v) is 2.48. The summed E-state index contributed by atoms with van der Waals surface area (Å²) in [5, 5.41) is 0. The zero-order valence-electron chi connectivity index (χ0n) is 13.7. The molecule has 0 aliphatic carbocycles. The van der Waals surface area contributed by atoms with Crippen LogP contribution < -0.4 is 0 Å². The van der Waals surface area contributed by atoms with Crippen molar-refractivity contribution in [1.29, 1.82) is 0 Å². The number of hydrogen-bond donors (Lipinski definition) is 0. The Morgan fingerprint density at radius 3 is 1.04 bits per heavy atom. The van der Waals surface area contributed by atoms with Gasteiger partial charge in [0.2, 0.25) is 0 Å². The second kappa shape index (κ2) is 11.6. The van der Waals surface area contributed by atoms with Gasteiger partial charge in [0.05, 0.1) is 9.79 Å². The van der Waals surface area contributed by atoms with Gasteiger partial charge in [-0.25, -0.2) is 16.8 Å². The van der Waals surface area contributed by atoms with Crippen LogP contribution >= 0.6 is 0 Å². The van der Waals surface area contributed by atoms with E-state index in [0.717, 1.165) is 11.1 Å². The van der Waals surface area contributed by atoms with Crippen LogP contribution in [-0.4, -0.2) is 69.2 Å². The molecule has 0 spiro atoms. The zero-order chi connectivity index (χ0) is 18.4. The predicted octanol–water partition coefficient (Wildman–Crippen LogP) is 1.26. The molecule has 0 atom stereocenters. The molecular formula is C16H16CaO7S2. The van der Waals surface area contributed by atoms with Crippen molar-refractivity contribution < 1.29 is 31.4 Å². The van der Waals surface area contributed by atoms with Crippen molar-refractivity contribution in [3.63, 3.8) is 0 Å². The van der Waals surface area contributed by atoms with Gasteiger partial charge in [0.1, 0.15) is 20.2 Å². The molecule has 10 heteroatoms. The van der Waals surface area contributed by atoms with E-state index in [-0.39, 0.29) is 53.0 Å². The average molecular weight is 425 g/mol. The molecule has 0 heterocycles. The van der Waals surface area contributed by atoms with Gasteiger partial charge in [-0.15, -0.1) is 0 Å². The maximum absolute atomic E-state index is 10.5. The summed E-state index contributed by atoms with van der Waals surface area (Å²) in [4.78, 5) is -0.429. The van der Waals surface area contributed by atoms with Crippen molar-refractivity contribution in [2.24, 2.45) is 0 Å². The third-order valence-electron chi connectivity index (χ3n) is 2.81. The van der Waals surface area contributed by atoms with Gasteiger partial charge in [-0.05, 0) is 35.4 Å². The summed E-state index contributed by atoms with van der Waals surface area (Å²) in [6, 6.07) is 11.2. The molecule has 2 aromatic carbocycles. The van der Waals surface area contributed by atoms with Crippen LogP contribution in [0.5, 0.6) is 0 Å². The molecule has 0 aromatic heterocycles. The van der Waals surface area contributed by atoms with Crippen LogP contribution in [-0.2, 0) is 20.2 Å². The Morgan fingerprint density at radius 1 is 0.654 bits per heavy atom. The van der Waals surface area contributed by atoms with Crippen molar-refractivity contribution in [3.05, 3.63) is 72.8 Å². The van der Waals surface area contributed by atoms with E-state index in [4.69, 9.17) is 0 Å². The number of rotatable bonds is 4. The van der Waals surface area contributed by atoms with Crippen LogP contribution in [0.25, 0.3) is 12.2 Å². The van der Waals surface area contributed by atoms with E-state index in [0.29, 0.717) is 0 Å². The zero-order valence-corrected chi connectivity index (χ0v) is 17.5. The Bertz CT molecular complexity index is 838. The third-order valence-corrected chi connectivity index (χ3v) is 4.51. The summed E-state index contributed by atoms with van der Waals surface area (Å²) in [5.74, 6) is 0. The molecule has 0 amide bonds. The Morgan fingerprint density at radius 2 is 0.885 bits per heavy atom. The normalized spacial score (nSPS) is 10.2. The van der Waals surface area contributed by atoms with Gasteiger partial charge in [-0.3, -0.25) is 0 Å². The fourth-order valence-electron chi connectivity index (χ4n) is 1.54. The van der Waals surface area contributed by atoms with Crippen LogP contribution in [0.4, 0.5) is 0 Å². The smallest absolute Gasteiger partial charge is 0.744 e. The molecule has 0 radical (unpaired) electrons. The quantitative estimate of drug-likeness (QED) is 0.533. The van der Waals surface area contributed by atoms with Crippen molar-refractivity contribution in [1.82, 2.24) is 0 Å². The molecule has 2 aromatic rings. The van der Waals surface area contributed by atoms with Crippen LogP contribution in [0.1, 0.15) is 11.1 Å². The second-order valence-corrected chi connectivity index (χ2v) is 7.21. The minimum Gasteiger partial charge on any atom is -0.744 e. The Hall–Kier alpha value is -1.04. The molecule has 2 rings (SSSR count). The maximum atomic E-state index is 10.5. The standard InChI is InChI=1S/2C8H8O3S.Ca.H2O/c2*1-2-7-3-5-8(6-4-7)12(9,10)11;;/h2*2-6H,1H2,(H,9,10,11);;1H2/q;;+2;/p-2. The molecule has 0 bridgehead atoms. The molecule has 2 N–H and O–H groups in total. The molecule has 136 valence electrons. The fraction of sp³-hybridized carbons (Fsp3) is 0. The Kier molecular flexibility index (Phi) is 12.2. The summed E-state index contributed by atoms with van der Waals surface area (Å²) in [5.41, 5.74) is 1.56. The van der Waals surface area contributed by atoms with Gasteiger partial charge in [0.15, 0.2) is 0 Å². The largest absolute Gasteiger partial charge is 2.00 e. The first-order chi connectivity index (χ1) is 11.1. The van der Waals surface area contributed by atoms with Gasteiger partial charge >= 0.3 is 37.7 Å². The van der Waals surface area contributed by atoms with E-state index in [1.54, 1.807) is 12.2 Å². The summed E-state index contributed by atoms with van der Waals surface area (Å²) in [7, 11) is -8.62. The molecule has 26 heavy (non-hydrogen) atoms. The van der Waals surface area contributed by atoms with Crippen molar-refractivity contribution in [2.75, 3.05) is 0 Å². The molecule has 0 fully saturated rings. The van der Waals surface area contributed by atoms with E-state index in [1.165, 1.54) is 48.5 Å². The topological polar surface area (TPSA) is 146 Å². The predicted molar refractivity (Wildman–Crippen MR) is 98.4 cm³/mol. The van der Waals surface area contributed by atoms with E-state index in [1.807, 2.05) is 0 Å². The Labute approximate surface area is 182 Å². The molecule has 0 aliphatic heterocycles. The summed E-state index contributed by atoms with van der Waals surface area (Å²) in [6.45, 7) is 6.99. The van der Waals surface area contributed by atoms with Gasteiger partial charge in [0.25, 0.3) is 0 Å². The monoisotopic (exact) mass is 424 g/mol. The van der Waals surface area contributed by atoms with Crippen molar-refractivity contribution >= 4 is 70.1 Å². The van der Waals surface area contributed by atoms with Crippen LogP contribution in [0, 0.1) is 0 Å². The first-order valence-electron chi connectivity index (χ1n) is 6.44. The average Bonchev–Trinajstić information content (AvgIpc) is 2.54. The van der Waals surface area contributed by atoms with Gasteiger partial charge < -0.3 is 14.6 Å². The van der Waals surface area contributed by atoms with Gasteiger partial charge in [-0.2, -0.15) is 0 Å². The van der Waals surface area contributed by atoms with E-state index in [2.05, 4.69) is 13.2 Å². The SMILES string of the molecule is C=Cc1ccc(S(=O)(=O)[O-])cc1.C=Cc1ccc(S(=O)(=O)[O-])cc1.O.[Ca+2]. The minimum atomic E-state index is -4.31. The molecular weight excluding hydrogens is 408 g/mol. The summed E-state index contributed by atoms with van der Waals surface area (Å²) in [6.07, 6.45) is 3.14. The first-order valence-corrected chi connectivity index (χ1v) is 9.26. The van der Waals surface area contributed by atoms with Crippen LogP contribution in [0.15, 0.2) is 71.5 Å². The van der Waals surface area contributed by atoms with E-state index >= 15 is 0 Å². The van der Waals surface area contributed by atoms with Gasteiger partial charge in [0, 0.05) is 0 Å². The third kappa shape index (κ3) is 9.06. The maximum Gasteiger partial charge on any atom is 2.00 e. The first kappa shape index (κ1) is 27.2.